The van der Waals surface area contributed by atoms with Crippen molar-refractivity contribution in [1.29, 1.82) is 0 Å². The first-order valence-electron chi connectivity index (χ1n) is 3.84. The van der Waals surface area contributed by atoms with Crippen LogP contribution in [-0.4, -0.2) is 6.04 Å². The van der Waals surface area contributed by atoms with Gasteiger partial charge in [0.25, 0.3) is 0 Å². The standard InChI is InChI=1S/C8H18N/c1-7(2)5-4-6-8(3)9/h7-9H,4-6H2,1-3H3. The summed E-state index contributed by atoms with van der Waals surface area (Å²) in [5.41, 5.74) is 7.22. The van der Waals surface area contributed by atoms with E-state index in [4.69, 9.17) is 5.73 Å². The number of hydrogen-bond acceptors (Lipinski definition) is 0. The predicted molar refractivity (Wildman–Crippen MR) is 41.2 cm³/mol. The highest BCUT2D eigenvalue weighted by Crippen LogP contribution is 2.07. The van der Waals surface area contributed by atoms with Crippen LogP contribution >= 0.6 is 0 Å². The first-order valence-corrected chi connectivity index (χ1v) is 3.84. The Morgan fingerprint density at radius 2 is 1.67 bits per heavy atom. The predicted octanol–water partition coefficient (Wildman–Crippen LogP) is 2.48. The molecule has 0 aromatic carbocycles. The Bertz CT molecular complexity index is 49.6. The quantitative estimate of drug-likeness (QED) is 0.555. The van der Waals surface area contributed by atoms with Crippen molar-refractivity contribution in [2.45, 2.75) is 46.1 Å². The summed E-state index contributed by atoms with van der Waals surface area (Å²) >= 11 is 0. The van der Waals surface area contributed by atoms with Crippen molar-refractivity contribution >= 4 is 0 Å². The number of hydrogen-bond donors (Lipinski definition) is 0. The van der Waals surface area contributed by atoms with E-state index in [0.717, 1.165) is 12.3 Å². The van der Waals surface area contributed by atoms with Crippen molar-refractivity contribution < 1.29 is 0 Å². The van der Waals surface area contributed by atoms with E-state index in [1.54, 1.807) is 0 Å². The molecule has 0 fully saturated rings. The third kappa shape index (κ3) is 7.96. The molecule has 1 radical (unpaired) electrons. The highest BCUT2D eigenvalue weighted by Gasteiger charge is 1.96. The first kappa shape index (κ1) is 8.96. The molecule has 0 aliphatic rings. The maximum Gasteiger partial charge on any atom is 0.0184 e. The lowest BCUT2D eigenvalue weighted by Gasteiger charge is -2.05. The molecule has 1 N–H and O–H groups in total. The molecule has 0 spiro atoms. The Hall–Kier alpha value is -0.0400. The van der Waals surface area contributed by atoms with Crippen LogP contribution in [0.15, 0.2) is 0 Å². The summed E-state index contributed by atoms with van der Waals surface area (Å²) in [6.45, 7) is 6.42. The summed E-state index contributed by atoms with van der Waals surface area (Å²) in [6, 6.07) is 0.142. The van der Waals surface area contributed by atoms with Gasteiger partial charge in [0, 0.05) is 6.04 Å². The van der Waals surface area contributed by atoms with Crippen molar-refractivity contribution in [3.05, 3.63) is 0 Å². The van der Waals surface area contributed by atoms with Gasteiger partial charge in [-0.15, -0.1) is 0 Å². The van der Waals surface area contributed by atoms with Crippen molar-refractivity contribution in [2.75, 3.05) is 0 Å². The SMILES string of the molecule is CC(C)CCCC(C)[NH]. The molecule has 0 saturated carbocycles. The van der Waals surface area contributed by atoms with E-state index in [2.05, 4.69) is 13.8 Å². The average Bonchev–Trinajstić information content (AvgIpc) is 1.63. The zero-order valence-corrected chi connectivity index (χ0v) is 6.78. The molecule has 1 nitrogen and oxygen atoms in total. The second-order valence-corrected chi connectivity index (χ2v) is 3.23. The molecule has 0 aliphatic carbocycles. The van der Waals surface area contributed by atoms with Crippen molar-refractivity contribution in [3.63, 3.8) is 0 Å². The lowest BCUT2D eigenvalue weighted by Crippen LogP contribution is -2.02. The minimum Gasteiger partial charge on any atom is -0.255 e. The molecule has 1 atom stereocenters. The third-order valence-corrected chi connectivity index (χ3v) is 1.42. The van der Waals surface area contributed by atoms with Crippen LogP contribution in [0.4, 0.5) is 0 Å². The zero-order valence-electron chi connectivity index (χ0n) is 6.78. The molecule has 0 aromatic heterocycles. The summed E-state index contributed by atoms with van der Waals surface area (Å²) < 4.78 is 0. The van der Waals surface area contributed by atoms with Crippen LogP contribution in [0.5, 0.6) is 0 Å². The normalized spacial score (nSPS) is 14.3. The molecule has 55 valence electrons. The Morgan fingerprint density at radius 3 is 2.00 bits per heavy atom. The van der Waals surface area contributed by atoms with E-state index in [-0.39, 0.29) is 6.04 Å². The van der Waals surface area contributed by atoms with Crippen LogP contribution in [0.1, 0.15) is 40.0 Å². The van der Waals surface area contributed by atoms with Gasteiger partial charge in [0.2, 0.25) is 0 Å². The summed E-state index contributed by atoms with van der Waals surface area (Å²) in [7, 11) is 0. The highest BCUT2D eigenvalue weighted by atomic mass is 14.6. The Morgan fingerprint density at radius 1 is 1.11 bits per heavy atom. The molecule has 0 aliphatic heterocycles. The van der Waals surface area contributed by atoms with Gasteiger partial charge in [0.1, 0.15) is 0 Å². The van der Waals surface area contributed by atoms with Gasteiger partial charge in [0.05, 0.1) is 0 Å². The molecule has 0 aromatic rings. The average molecular weight is 128 g/mol. The van der Waals surface area contributed by atoms with Crippen molar-refractivity contribution in [1.82, 2.24) is 5.73 Å². The molecular weight excluding hydrogens is 110 g/mol. The number of rotatable bonds is 4. The first-order chi connectivity index (χ1) is 4.13. The lowest BCUT2D eigenvalue weighted by atomic mass is 10.0. The highest BCUT2D eigenvalue weighted by molar-refractivity contribution is 4.53. The molecule has 9 heavy (non-hydrogen) atoms. The molecular formula is C8H18N. The second-order valence-electron chi connectivity index (χ2n) is 3.23. The lowest BCUT2D eigenvalue weighted by molar-refractivity contribution is 0.506. The van der Waals surface area contributed by atoms with Crippen LogP contribution < -0.4 is 5.73 Å². The third-order valence-electron chi connectivity index (χ3n) is 1.42. The van der Waals surface area contributed by atoms with Gasteiger partial charge in [-0.25, -0.2) is 0 Å². The smallest absolute Gasteiger partial charge is 0.0184 e. The maximum absolute atomic E-state index is 7.22. The molecule has 0 saturated heterocycles. The van der Waals surface area contributed by atoms with Gasteiger partial charge >= 0.3 is 0 Å². The Labute approximate surface area is 58.6 Å². The van der Waals surface area contributed by atoms with Gasteiger partial charge in [-0.1, -0.05) is 26.7 Å². The van der Waals surface area contributed by atoms with Crippen LogP contribution in [0.3, 0.4) is 0 Å². The van der Waals surface area contributed by atoms with E-state index < -0.39 is 0 Å². The van der Waals surface area contributed by atoms with E-state index in [9.17, 15) is 0 Å². The number of nitrogens with one attached hydrogen (secondary N) is 1. The molecule has 0 bridgehead atoms. The van der Waals surface area contributed by atoms with Gasteiger partial charge in [-0.3, -0.25) is 5.73 Å². The van der Waals surface area contributed by atoms with Crippen LogP contribution in [0, 0.1) is 5.92 Å². The summed E-state index contributed by atoms with van der Waals surface area (Å²) in [5.74, 6) is 0.809. The zero-order chi connectivity index (χ0) is 7.28. The van der Waals surface area contributed by atoms with Crippen LogP contribution in [-0.2, 0) is 0 Å². The van der Waals surface area contributed by atoms with Gasteiger partial charge in [0.15, 0.2) is 0 Å². The fourth-order valence-electron chi connectivity index (χ4n) is 0.832. The largest absolute Gasteiger partial charge is 0.255 e. The van der Waals surface area contributed by atoms with E-state index in [1.165, 1.54) is 12.8 Å². The second kappa shape index (κ2) is 4.80. The topological polar surface area (TPSA) is 23.8 Å². The van der Waals surface area contributed by atoms with E-state index >= 15 is 0 Å². The maximum atomic E-state index is 7.22. The van der Waals surface area contributed by atoms with Crippen LogP contribution in [0.25, 0.3) is 0 Å². The minimum absolute atomic E-state index is 0.142. The summed E-state index contributed by atoms with van der Waals surface area (Å²) in [5, 5.41) is 0. The van der Waals surface area contributed by atoms with Crippen LogP contribution in [0.2, 0.25) is 0 Å². The molecule has 0 heterocycles. The van der Waals surface area contributed by atoms with Gasteiger partial charge in [-0.05, 0) is 19.3 Å². The fraction of sp³-hybridized carbons (Fsp3) is 1.00. The Balaban J connectivity index is 2.91. The summed E-state index contributed by atoms with van der Waals surface area (Å²) in [4.78, 5) is 0. The molecule has 0 rings (SSSR count). The van der Waals surface area contributed by atoms with E-state index in [0.29, 0.717) is 0 Å². The molecule has 1 unspecified atom stereocenters. The monoisotopic (exact) mass is 128 g/mol. The van der Waals surface area contributed by atoms with Gasteiger partial charge in [-0.2, -0.15) is 0 Å². The van der Waals surface area contributed by atoms with Gasteiger partial charge < -0.3 is 0 Å². The summed E-state index contributed by atoms with van der Waals surface area (Å²) in [6.07, 6.45) is 3.57. The van der Waals surface area contributed by atoms with Crippen molar-refractivity contribution in [3.8, 4) is 0 Å². The van der Waals surface area contributed by atoms with Crippen molar-refractivity contribution in [2.24, 2.45) is 5.92 Å². The fourth-order valence-corrected chi connectivity index (χ4v) is 0.832. The molecule has 1 heteroatoms. The van der Waals surface area contributed by atoms with E-state index in [1.807, 2.05) is 6.92 Å². The Kier molecular flexibility index (Phi) is 4.78. The minimum atomic E-state index is 0.142. The molecule has 0 amide bonds.